The van der Waals surface area contributed by atoms with Gasteiger partial charge in [0.15, 0.2) is 0 Å². The van der Waals surface area contributed by atoms with Crippen molar-refractivity contribution in [2.24, 2.45) is 0 Å². The van der Waals surface area contributed by atoms with Crippen LogP contribution in [0, 0.1) is 0 Å². The Labute approximate surface area is 109 Å². The SMILES string of the molecule is COC(=O)NCC(=O)NCC(=O)NCc1ccco1. The molecule has 8 nitrogen and oxygen atoms in total. The molecular weight excluding hydrogens is 254 g/mol. The monoisotopic (exact) mass is 269 g/mol. The van der Waals surface area contributed by atoms with E-state index in [9.17, 15) is 14.4 Å². The second-order valence-electron chi connectivity index (χ2n) is 3.48. The van der Waals surface area contributed by atoms with Crippen LogP contribution >= 0.6 is 0 Å². The Balaban J connectivity index is 2.12. The molecule has 0 bridgehead atoms. The summed E-state index contributed by atoms with van der Waals surface area (Å²) >= 11 is 0. The molecule has 0 fully saturated rings. The van der Waals surface area contributed by atoms with Gasteiger partial charge in [-0.05, 0) is 12.1 Å². The zero-order chi connectivity index (χ0) is 14.1. The van der Waals surface area contributed by atoms with Gasteiger partial charge in [-0.1, -0.05) is 0 Å². The maximum Gasteiger partial charge on any atom is 0.407 e. The molecule has 0 saturated heterocycles. The van der Waals surface area contributed by atoms with Gasteiger partial charge in [-0.25, -0.2) is 4.79 Å². The summed E-state index contributed by atoms with van der Waals surface area (Å²) in [6.45, 7) is -0.178. The van der Waals surface area contributed by atoms with Crippen molar-refractivity contribution < 1.29 is 23.5 Å². The molecule has 0 aliphatic rings. The van der Waals surface area contributed by atoms with Crippen LogP contribution in [0.4, 0.5) is 4.79 Å². The first-order chi connectivity index (χ1) is 9.11. The lowest BCUT2D eigenvalue weighted by atomic mass is 10.4. The van der Waals surface area contributed by atoms with Crippen LogP contribution in [0.2, 0.25) is 0 Å². The minimum Gasteiger partial charge on any atom is -0.467 e. The molecule has 0 aromatic carbocycles. The van der Waals surface area contributed by atoms with Gasteiger partial charge in [0.25, 0.3) is 0 Å². The van der Waals surface area contributed by atoms with Crippen LogP contribution < -0.4 is 16.0 Å². The summed E-state index contributed by atoms with van der Waals surface area (Å²) in [4.78, 5) is 33.3. The lowest BCUT2D eigenvalue weighted by Crippen LogP contribution is -2.41. The molecule has 0 atom stereocenters. The summed E-state index contributed by atoms with van der Waals surface area (Å²) < 4.78 is 9.31. The molecular formula is C11H15N3O5. The quantitative estimate of drug-likeness (QED) is 0.637. The maximum atomic E-state index is 11.4. The zero-order valence-electron chi connectivity index (χ0n) is 10.4. The fourth-order valence-corrected chi connectivity index (χ4v) is 1.13. The number of carbonyl (C=O) groups excluding carboxylic acids is 3. The number of amides is 3. The van der Waals surface area contributed by atoms with Gasteiger partial charge >= 0.3 is 6.09 Å². The van der Waals surface area contributed by atoms with Crippen molar-refractivity contribution in [3.63, 3.8) is 0 Å². The molecule has 19 heavy (non-hydrogen) atoms. The standard InChI is InChI=1S/C11H15N3O5/c1-18-11(17)14-7-10(16)13-6-9(15)12-5-8-3-2-4-19-8/h2-4H,5-7H2,1H3,(H,12,15)(H,13,16)(H,14,17). The van der Waals surface area contributed by atoms with Crippen LogP contribution in [0.15, 0.2) is 22.8 Å². The van der Waals surface area contributed by atoms with Crippen LogP contribution in [0.25, 0.3) is 0 Å². The van der Waals surface area contributed by atoms with Crippen molar-refractivity contribution in [3.8, 4) is 0 Å². The van der Waals surface area contributed by atoms with Crippen molar-refractivity contribution in [2.45, 2.75) is 6.54 Å². The Morgan fingerprint density at radius 1 is 1.16 bits per heavy atom. The van der Waals surface area contributed by atoms with Crippen molar-refractivity contribution in [3.05, 3.63) is 24.2 Å². The van der Waals surface area contributed by atoms with Crippen LogP contribution in [-0.2, 0) is 20.9 Å². The summed E-state index contributed by atoms with van der Waals surface area (Å²) in [6.07, 6.45) is 0.791. The van der Waals surface area contributed by atoms with E-state index < -0.39 is 12.0 Å². The normalized spacial score (nSPS) is 9.53. The van der Waals surface area contributed by atoms with E-state index in [1.165, 1.54) is 13.4 Å². The fourth-order valence-electron chi connectivity index (χ4n) is 1.13. The second-order valence-corrected chi connectivity index (χ2v) is 3.48. The van der Waals surface area contributed by atoms with E-state index in [4.69, 9.17) is 4.42 Å². The molecule has 0 radical (unpaired) electrons. The summed E-state index contributed by atoms with van der Waals surface area (Å²) in [6, 6.07) is 3.43. The average molecular weight is 269 g/mol. The molecule has 0 aliphatic heterocycles. The first-order valence-electron chi connectivity index (χ1n) is 5.49. The van der Waals surface area contributed by atoms with E-state index in [1.807, 2.05) is 0 Å². The predicted molar refractivity (Wildman–Crippen MR) is 64.0 cm³/mol. The fraction of sp³-hybridized carbons (Fsp3) is 0.364. The Hall–Kier alpha value is -2.51. The lowest BCUT2D eigenvalue weighted by Gasteiger charge is -2.06. The van der Waals surface area contributed by atoms with Crippen molar-refractivity contribution in [2.75, 3.05) is 20.2 Å². The van der Waals surface area contributed by atoms with E-state index in [2.05, 4.69) is 20.7 Å². The highest BCUT2D eigenvalue weighted by atomic mass is 16.5. The summed E-state index contributed by atoms with van der Waals surface area (Å²) in [5.74, 6) is -0.228. The first kappa shape index (κ1) is 14.6. The van der Waals surface area contributed by atoms with Crippen LogP contribution in [0.1, 0.15) is 5.76 Å². The van der Waals surface area contributed by atoms with E-state index in [1.54, 1.807) is 12.1 Å². The molecule has 1 rings (SSSR count). The Morgan fingerprint density at radius 2 is 1.84 bits per heavy atom. The highest BCUT2D eigenvalue weighted by molar-refractivity contribution is 5.87. The molecule has 3 N–H and O–H groups in total. The van der Waals surface area contributed by atoms with Gasteiger partial charge in [-0.3, -0.25) is 9.59 Å². The van der Waals surface area contributed by atoms with Crippen molar-refractivity contribution in [1.29, 1.82) is 0 Å². The Bertz CT molecular complexity index is 430. The van der Waals surface area contributed by atoms with Gasteiger partial charge in [-0.2, -0.15) is 0 Å². The van der Waals surface area contributed by atoms with Gasteiger partial charge < -0.3 is 25.1 Å². The molecule has 3 amide bonds. The highest BCUT2D eigenvalue weighted by Crippen LogP contribution is 1.97. The predicted octanol–water partition coefficient (Wildman–Crippen LogP) is -0.632. The van der Waals surface area contributed by atoms with Crippen molar-refractivity contribution in [1.82, 2.24) is 16.0 Å². The molecule has 104 valence electrons. The number of hydrogen-bond acceptors (Lipinski definition) is 5. The summed E-state index contributed by atoms with van der Waals surface area (Å²) in [5, 5.41) is 7.09. The second kappa shape index (κ2) is 7.75. The smallest absolute Gasteiger partial charge is 0.407 e. The highest BCUT2D eigenvalue weighted by Gasteiger charge is 2.07. The average Bonchev–Trinajstić information content (AvgIpc) is 2.93. The number of furan rings is 1. The van der Waals surface area contributed by atoms with Crippen LogP contribution in [0.5, 0.6) is 0 Å². The van der Waals surface area contributed by atoms with E-state index in [-0.39, 0.29) is 25.5 Å². The van der Waals surface area contributed by atoms with Crippen LogP contribution in [-0.4, -0.2) is 38.1 Å². The minimum absolute atomic E-state index is 0.178. The zero-order valence-corrected chi connectivity index (χ0v) is 10.4. The largest absolute Gasteiger partial charge is 0.467 e. The molecule has 0 saturated carbocycles. The van der Waals surface area contributed by atoms with Gasteiger partial charge in [0, 0.05) is 0 Å². The maximum absolute atomic E-state index is 11.4. The number of methoxy groups -OCH3 is 1. The third kappa shape index (κ3) is 6.10. The minimum atomic E-state index is -0.711. The lowest BCUT2D eigenvalue weighted by molar-refractivity contribution is -0.125. The number of carbonyl (C=O) groups is 3. The van der Waals surface area contributed by atoms with Crippen molar-refractivity contribution >= 4 is 17.9 Å². The van der Waals surface area contributed by atoms with Gasteiger partial charge in [0.2, 0.25) is 11.8 Å². The first-order valence-corrected chi connectivity index (χ1v) is 5.49. The van der Waals surface area contributed by atoms with E-state index >= 15 is 0 Å². The van der Waals surface area contributed by atoms with E-state index in [0.717, 1.165) is 0 Å². The molecule has 0 unspecified atom stereocenters. The van der Waals surface area contributed by atoms with Gasteiger partial charge in [0.1, 0.15) is 12.3 Å². The summed E-state index contributed by atoms with van der Waals surface area (Å²) in [7, 11) is 1.19. The molecule has 0 aliphatic carbocycles. The number of nitrogens with one attached hydrogen (secondary N) is 3. The molecule has 1 aromatic rings. The molecule has 0 spiro atoms. The van der Waals surface area contributed by atoms with Crippen LogP contribution in [0.3, 0.4) is 0 Å². The topological polar surface area (TPSA) is 110 Å². The van der Waals surface area contributed by atoms with Gasteiger partial charge in [-0.15, -0.1) is 0 Å². The number of ether oxygens (including phenoxy) is 1. The van der Waals surface area contributed by atoms with Gasteiger partial charge in [0.05, 0.1) is 26.5 Å². The molecule has 1 aromatic heterocycles. The molecule has 1 heterocycles. The Kier molecular flexibility index (Phi) is 5.93. The number of alkyl carbamates (subject to hydrolysis) is 1. The molecule has 8 heteroatoms. The number of hydrogen-bond donors (Lipinski definition) is 3. The summed E-state index contributed by atoms with van der Waals surface area (Å²) in [5.41, 5.74) is 0. The number of rotatable bonds is 6. The third-order valence-electron chi connectivity index (χ3n) is 2.06. The Morgan fingerprint density at radius 3 is 2.47 bits per heavy atom. The third-order valence-corrected chi connectivity index (χ3v) is 2.06. The van der Waals surface area contributed by atoms with E-state index in [0.29, 0.717) is 5.76 Å².